The second-order valence-electron chi connectivity index (χ2n) is 5.12. The number of likely N-dealkylation sites (N-methyl/N-ethyl adjacent to an activating group) is 1. The Morgan fingerprint density at radius 1 is 1.14 bits per heavy atom. The summed E-state index contributed by atoms with van der Waals surface area (Å²) in [7, 11) is 1.52. The molecule has 2 aromatic carbocycles. The Labute approximate surface area is 127 Å². The SMILES string of the molecule is CNC(=O)C1Cc2ccccc2N1C(=O)c1ccccc1F. The van der Waals surface area contributed by atoms with Crippen molar-refractivity contribution < 1.29 is 14.0 Å². The van der Waals surface area contributed by atoms with E-state index in [1.165, 1.54) is 30.1 Å². The van der Waals surface area contributed by atoms with Crippen molar-refractivity contribution in [2.24, 2.45) is 0 Å². The molecule has 5 heteroatoms. The third-order valence-electron chi connectivity index (χ3n) is 3.85. The zero-order valence-electron chi connectivity index (χ0n) is 12.0. The number of hydrogen-bond acceptors (Lipinski definition) is 2. The molecular weight excluding hydrogens is 283 g/mol. The van der Waals surface area contributed by atoms with Crippen LogP contribution in [0.25, 0.3) is 0 Å². The molecule has 0 fully saturated rings. The van der Waals surface area contributed by atoms with Gasteiger partial charge in [-0.15, -0.1) is 0 Å². The van der Waals surface area contributed by atoms with E-state index in [-0.39, 0.29) is 11.5 Å². The van der Waals surface area contributed by atoms with Gasteiger partial charge in [-0.05, 0) is 23.8 Å². The maximum Gasteiger partial charge on any atom is 0.262 e. The minimum atomic E-state index is -0.658. The number of nitrogens with one attached hydrogen (secondary N) is 1. The van der Waals surface area contributed by atoms with Gasteiger partial charge in [0.15, 0.2) is 0 Å². The third-order valence-corrected chi connectivity index (χ3v) is 3.85. The normalized spacial score (nSPS) is 16.3. The Balaban J connectivity index is 2.07. The van der Waals surface area contributed by atoms with E-state index in [1.807, 2.05) is 12.1 Å². The van der Waals surface area contributed by atoms with Crippen LogP contribution in [0.2, 0.25) is 0 Å². The molecule has 2 aromatic rings. The highest BCUT2D eigenvalue weighted by Crippen LogP contribution is 2.33. The van der Waals surface area contributed by atoms with Gasteiger partial charge in [0.2, 0.25) is 5.91 Å². The highest BCUT2D eigenvalue weighted by molar-refractivity contribution is 6.11. The van der Waals surface area contributed by atoms with Gasteiger partial charge >= 0.3 is 0 Å². The van der Waals surface area contributed by atoms with E-state index in [1.54, 1.807) is 18.2 Å². The number of rotatable bonds is 2. The van der Waals surface area contributed by atoms with Crippen LogP contribution in [-0.2, 0) is 11.2 Å². The molecule has 0 spiro atoms. The predicted octanol–water partition coefficient (Wildman–Crippen LogP) is 2.14. The zero-order valence-corrected chi connectivity index (χ0v) is 12.0. The number of amides is 2. The Bertz CT molecular complexity index is 745. The zero-order chi connectivity index (χ0) is 15.7. The molecular formula is C17H15FN2O2. The first-order chi connectivity index (χ1) is 10.6. The van der Waals surface area contributed by atoms with Gasteiger partial charge in [0.1, 0.15) is 11.9 Å². The van der Waals surface area contributed by atoms with Gasteiger partial charge < -0.3 is 5.32 Å². The number of carbonyl (C=O) groups excluding carboxylic acids is 2. The van der Waals surface area contributed by atoms with Gasteiger partial charge in [-0.2, -0.15) is 0 Å². The Hall–Kier alpha value is -2.69. The molecule has 0 aliphatic carbocycles. The molecule has 4 nitrogen and oxygen atoms in total. The number of hydrogen-bond donors (Lipinski definition) is 1. The average molecular weight is 298 g/mol. The summed E-state index contributed by atoms with van der Waals surface area (Å²) < 4.78 is 13.9. The van der Waals surface area contributed by atoms with Crippen molar-refractivity contribution in [1.29, 1.82) is 0 Å². The summed E-state index contributed by atoms with van der Waals surface area (Å²) in [6.45, 7) is 0. The van der Waals surface area contributed by atoms with Crippen molar-refractivity contribution in [2.75, 3.05) is 11.9 Å². The van der Waals surface area contributed by atoms with Crippen LogP contribution >= 0.6 is 0 Å². The van der Waals surface area contributed by atoms with Gasteiger partial charge in [-0.1, -0.05) is 30.3 Å². The molecule has 3 rings (SSSR count). The molecule has 22 heavy (non-hydrogen) atoms. The van der Waals surface area contributed by atoms with Crippen LogP contribution in [0.1, 0.15) is 15.9 Å². The first kappa shape index (κ1) is 14.3. The number of carbonyl (C=O) groups is 2. The molecule has 0 radical (unpaired) electrons. The standard InChI is InChI=1S/C17H15FN2O2/c1-19-16(21)15-10-11-6-2-5-9-14(11)20(15)17(22)12-7-3-4-8-13(12)18/h2-9,15H,10H2,1H3,(H,19,21). The number of nitrogens with zero attached hydrogens (tertiary/aromatic N) is 1. The number of para-hydroxylation sites is 1. The van der Waals surface area contributed by atoms with Crippen LogP contribution < -0.4 is 10.2 Å². The molecule has 1 aliphatic heterocycles. The number of anilines is 1. The Morgan fingerprint density at radius 3 is 2.55 bits per heavy atom. The first-order valence-electron chi connectivity index (χ1n) is 7.01. The van der Waals surface area contributed by atoms with Gasteiger partial charge in [0, 0.05) is 19.2 Å². The molecule has 1 unspecified atom stereocenters. The summed E-state index contributed by atoms with van der Waals surface area (Å²) in [4.78, 5) is 26.3. The van der Waals surface area contributed by atoms with E-state index < -0.39 is 17.8 Å². The van der Waals surface area contributed by atoms with Gasteiger partial charge in [0.05, 0.1) is 5.56 Å². The van der Waals surface area contributed by atoms with Crippen LogP contribution in [0.4, 0.5) is 10.1 Å². The molecule has 1 N–H and O–H groups in total. The highest BCUT2D eigenvalue weighted by atomic mass is 19.1. The minimum Gasteiger partial charge on any atom is -0.357 e. The molecule has 0 bridgehead atoms. The molecule has 0 saturated carbocycles. The molecule has 2 amide bonds. The lowest BCUT2D eigenvalue weighted by Crippen LogP contribution is -2.47. The highest BCUT2D eigenvalue weighted by Gasteiger charge is 2.38. The van der Waals surface area contributed by atoms with E-state index in [0.717, 1.165) is 5.56 Å². The maximum absolute atomic E-state index is 13.9. The summed E-state index contributed by atoms with van der Waals surface area (Å²) in [5.74, 6) is -1.36. The first-order valence-corrected chi connectivity index (χ1v) is 7.01. The van der Waals surface area contributed by atoms with E-state index in [4.69, 9.17) is 0 Å². The van der Waals surface area contributed by atoms with E-state index in [9.17, 15) is 14.0 Å². The summed E-state index contributed by atoms with van der Waals surface area (Å²) >= 11 is 0. The van der Waals surface area contributed by atoms with Crippen LogP contribution in [-0.4, -0.2) is 24.9 Å². The van der Waals surface area contributed by atoms with Crippen LogP contribution in [0, 0.1) is 5.82 Å². The van der Waals surface area contributed by atoms with Crippen molar-refractivity contribution in [3.63, 3.8) is 0 Å². The monoisotopic (exact) mass is 298 g/mol. The fourth-order valence-corrected chi connectivity index (χ4v) is 2.78. The molecule has 1 aliphatic rings. The van der Waals surface area contributed by atoms with Gasteiger partial charge in [-0.3, -0.25) is 14.5 Å². The van der Waals surface area contributed by atoms with Crippen molar-refractivity contribution in [3.8, 4) is 0 Å². The van der Waals surface area contributed by atoms with Crippen LogP contribution in [0.15, 0.2) is 48.5 Å². The molecule has 112 valence electrons. The number of halogens is 1. The molecule has 1 atom stereocenters. The summed E-state index contributed by atoms with van der Waals surface area (Å²) in [5, 5.41) is 2.57. The minimum absolute atomic E-state index is 0.0342. The quantitative estimate of drug-likeness (QED) is 0.923. The lowest BCUT2D eigenvalue weighted by molar-refractivity contribution is -0.121. The van der Waals surface area contributed by atoms with E-state index in [0.29, 0.717) is 12.1 Å². The molecule has 1 heterocycles. The van der Waals surface area contributed by atoms with E-state index in [2.05, 4.69) is 5.32 Å². The number of benzene rings is 2. The van der Waals surface area contributed by atoms with Gasteiger partial charge in [0.25, 0.3) is 5.91 Å². The lowest BCUT2D eigenvalue weighted by Gasteiger charge is -2.24. The average Bonchev–Trinajstić information content (AvgIpc) is 2.93. The maximum atomic E-state index is 13.9. The smallest absolute Gasteiger partial charge is 0.262 e. The topological polar surface area (TPSA) is 49.4 Å². The lowest BCUT2D eigenvalue weighted by atomic mass is 10.1. The fraction of sp³-hybridized carbons (Fsp3) is 0.176. The van der Waals surface area contributed by atoms with Gasteiger partial charge in [-0.25, -0.2) is 4.39 Å². The van der Waals surface area contributed by atoms with Crippen molar-refractivity contribution >= 4 is 17.5 Å². The summed E-state index contributed by atoms with van der Waals surface area (Å²) in [6.07, 6.45) is 0.427. The van der Waals surface area contributed by atoms with E-state index >= 15 is 0 Å². The largest absolute Gasteiger partial charge is 0.357 e. The fourth-order valence-electron chi connectivity index (χ4n) is 2.78. The van der Waals surface area contributed by atoms with Crippen LogP contribution in [0.5, 0.6) is 0 Å². The van der Waals surface area contributed by atoms with Crippen molar-refractivity contribution in [1.82, 2.24) is 5.32 Å². The number of fused-ring (bicyclic) bond motifs is 1. The second kappa shape index (κ2) is 5.60. The van der Waals surface area contributed by atoms with Crippen LogP contribution in [0.3, 0.4) is 0 Å². The van der Waals surface area contributed by atoms with Crippen molar-refractivity contribution in [2.45, 2.75) is 12.5 Å². The summed E-state index contributed by atoms with van der Waals surface area (Å²) in [6, 6.07) is 12.5. The molecule has 0 aromatic heterocycles. The Kier molecular flexibility index (Phi) is 3.63. The predicted molar refractivity (Wildman–Crippen MR) is 81.2 cm³/mol. The second-order valence-corrected chi connectivity index (χ2v) is 5.12. The molecule has 0 saturated heterocycles. The van der Waals surface area contributed by atoms with Crippen molar-refractivity contribution in [3.05, 3.63) is 65.5 Å². The summed E-state index contributed by atoms with van der Waals surface area (Å²) in [5.41, 5.74) is 1.53. The third kappa shape index (κ3) is 2.24. The Morgan fingerprint density at radius 2 is 1.82 bits per heavy atom.